The summed E-state index contributed by atoms with van der Waals surface area (Å²) in [6, 6.07) is 18.7. The molecule has 4 aromatic rings. The Balaban J connectivity index is 1.55. The van der Waals surface area contributed by atoms with E-state index in [1.807, 2.05) is 60.7 Å². The smallest absolute Gasteiger partial charge is 0.163 e. The zero-order valence-electron chi connectivity index (χ0n) is 16.2. The molecule has 0 aromatic carbocycles. The molecule has 0 spiro atoms. The number of thiazole rings is 1. The van der Waals surface area contributed by atoms with Crippen LogP contribution in [0.3, 0.4) is 0 Å². The van der Waals surface area contributed by atoms with Crippen molar-refractivity contribution < 1.29 is 4.42 Å². The van der Waals surface area contributed by atoms with Gasteiger partial charge in [-0.05, 0) is 48.6 Å². The largest absolute Gasteiger partial charge is 0.452 e. The third-order valence-electron chi connectivity index (χ3n) is 4.24. The van der Waals surface area contributed by atoms with Gasteiger partial charge in [0.1, 0.15) is 35.4 Å². The summed E-state index contributed by atoms with van der Waals surface area (Å²) in [5.41, 5.74) is 1.76. The molecule has 0 radical (unpaired) electrons. The van der Waals surface area contributed by atoms with Crippen molar-refractivity contribution in [3.8, 4) is 57.1 Å². The molecule has 150 valence electrons. The van der Waals surface area contributed by atoms with Crippen molar-refractivity contribution in [3.05, 3.63) is 63.5 Å². The number of hydrogen-bond donors (Lipinski definition) is 1. The highest BCUT2D eigenvalue weighted by atomic mass is 32.1. The average Bonchev–Trinajstić information content (AvgIpc) is 3.61. The van der Waals surface area contributed by atoms with Crippen LogP contribution in [0.2, 0.25) is 0 Å². The number of hydrogen-bond acceptors (Lipinski definition) is 8. The van der Waals surface area contributed by atoms with Gasteiger partial charge >= 0.3 is 0 Å². The summed E-state index contributed by atoms with van der Waals surface area (Å²) in [4.78, 5) is 10.1. The van der Waals surface area contributed by atoms with E-state index in [0.29, 0.717) is 21.4 Å². The van der Waals surface area contributed by atoms with Gasteiger partial charge in [0.15, 0.2) is 16.5 Å². The number of aromatic nitrogens is 2. The Labute approximate surface area is 190 Å². The quantitative estimate of drug-likeness (QED) is 0.371. The van der Waals surface area contributed by atoms with E-state index in [9.17, 15) is 0 Å². The first-order valence-corrected chi connectivity index (χ1v) is 10.7. The van der Waals surface area contributed by atoms with Crippen molar-refractivity contribution in [3.63, 3.8) is 0 Å². The number of aromatic amines is 1. The lowest BCUT2D eigenvalue weighted by Gasteiger charge is -1.94. The van der Waals surface area contributed by atoms with Crippen molar-refractivity contribution in [2.45, 2.75) is 0 Å². The normalized spacial score (nSPS) is 9.75. The minimum absolute atomic E-state index is 0.0166. The molecule has 0 saturated heterocycles. The molecule has 4 aromatic heterocycles. The minimum atomic E-state index is 0.0166. The Morgan fingerprint density at radius 1 is 0.781 bits per heavy atom. The van der Waals surface area contributed by atoms with Crippen molar-refractivity contribution in [2.24, 2.45) is 0 Å². The van der Waals surface area contributed by atoms with Crippen LogP contribution in [0.1, 0.15) is 9.75 Å². The highest BCUT2D eigenvalue weighted by Crippen LogP contribution is 2.34. The highest BCUT2D eigenvalue weighted by Gasteiger charge is 2.13. The van der Waals surface area contributed by atoms with Crippen molar-refractivity contribution in [1.29, 1.82) is 21.0 Å². The van der Waals surface area contributed by atoms with Gasteiger partial charge in [0, 0.05) is 16.0 Å². The highest BCUT2D eigenvalue weighted by molar-refractivity contribution is 7.16. The Kier molecular flexibility index (Phi) is 5.79. The summed E-state index contributed by atoms with van der Waals surface area (Å²) in [6.45, 7) is 0. The van der Waals surface area contributed by atoms with E-state index in [-0.39, 0.29) is 11.1 Å². The molecule has 0 aliphatic heterocycles. The summed E-state index contributed by atoms with van der Waals surface area (Å²) < 4.78 is 5.95. The summed E-state index contributed by atoms with van der Waals surface area (Å²) in [5, 5.41) is 36.2. The number of allylic oxidation sites excluding steroid dienone is 2. The van der Waals surface area contributed by atoms with Gasteiger partial charge in [-0.1, -0.05) is 0 Å². The van der Waals surface area contributed by atoms with Crippen LogP contribution >= 0.6 is 22.7 Å². The van der Waals surface area contributed by atoms with Crippen LogP contribution in [0.5, 0.6) is 0 Å². The number of rotatable bonds is 5. The number of nitrogens with zero attached hydrogens (tertiary/aromatic N) is 5. The van der Waals surface area contributed by atoms with Gasteiger partial charge in [-0.2, -0.15) is 21.0 Å². The Morgan fingerprint density at radius 3 is 2.16 bits per heavy atom. The summed E-state index contributed by atoms with van der Waals surface area (Å²) in [5.74, 6) is 1.22. The van der Waals surface area contributed by atoms with Gasteiger partial charge in [-0.25, -0.2) is 4.98 Å². The predicted molar refractivity (Wildman–Crippen MR) is 121 cm³/mol. The molecule has 7 nitrogen and oxygen atoms in total. The number of H-pyrrole nitrogens is 1. The van der Waals surface area contributed by atoms with Gasteiger partial charge in [-0.3, -0.25) is 0 Å². The van der Waals surface area contributed by atoms with Crippen LogP contribution in [0.25, 0.3) is 44.9 Å². The average molecular weight is 451 g/mol. The molecule has 4 heterocycles. The Morgan fingerprint density at radius 2 is 1.44 bits per heavy atom. The van der Waals surface area contributed by atoms with Crippen molar-refractivity contribution >= 4 is 34.8 Å². The lowest BCUT2D eigenvalue weighted by atomic mass is 10.3. The number of furan rings is 1. The van der Waals surface area contributed by atoms with Crippen LogP contribution in [0.15, 0.2) is 58.2 Å². The molecule has 4 rings (SSSR count). The van der Waals surface area contributed by atoms with Crippen LogP contribution in [0.4, 0.5) is 0 Å². The van der Waals surface area contributed by atoms with Gasteiger partial charge in [-0.15, -0.1) is 22.7 Å². The molecule has 0 unspecified atom stereocenters. The number of thiophene rings is 1. The van der Waals surface area contributed by atoms with E-state index >= 15 is 0 Å². The maximum Gasteiger partial charge on any atom is 0.163 e. The minimum Gasteiger partial charge on any atom is -0.452 e. The second-order valence-electron chi connectivity index (χ2n) is 6.28. The molecule has 0 aliphatic carbocycles. The van der Waals surface area contributed by atoms with E-state index in [0.717, 1.165) is 21.1 Å². The third kappa shape index (κ3) is 4.26. The van der Waals surface area contributed by atoms with Crippen LogP contribution < -0.4 is 0 Å². The SMILES string of the molecule is N#CC(C#N)=Cc1ccc(-c2ccc(-c3ccc(-c4ncc(C=C(C#N)C#N)s4)o3)[nH]2)s1. The second kappa shape index (κ2) is 9.00. The first-order chi connectivity index (χ1) is 15.6. The standard InChI is InChI=1S/C23H10N6OS2/c24-9-14(10-25)7-16-1-6-22(31-16)19-3-2-18(29-19)20-4-5-21(30-20)23-28-13-17(32-23)8-15(11-26)12-27/h1-8,13,29H. The molecule has 32 heavy (non-hydrogen) atoms. The third-order valence-corrected chi connectivity index (χ3v) is 6.26. The van der Waals surface area contributed by atoms with E-state index < -0.39 is 0 Å². The lowest BCUT2D eigenvalue weighted by molar-refractivity contribution is 0.595. The Bertz CT molecular complexity index is 1380. The van der Waals surface area contributed by atoms with Gasteiger partial charge in [0.05, 0.1) is 16.3 Å². The summed E-state index contributed by atoms with van der Waals surface area (Å²) in [7, 11) is 0. The van der Waals surface area contributed by atoms with Crippen molar-refractivity contribution in [2.75, 3.05) is 0 Å². The monoisotopic (exact) mass is 450 g/mol. The van der Waals surface area contributed by atoms with Gasteiger partial charge in [0.2, 0.25) is 0 Å². The number of nitriles is 4. The zero-order chi connectivity index (χ0) is 22.5. The fourth-order valence-corrected chi connectivity index (χ4v) is 4.54. The van der Waals surface area contributed by atoms with Crippen LogP contribution in [-0.4, -0.2) is 9.97 Å². The van der Waals surface area contributed by atoms with Gasteiger partial charge < -0.3 is 9.40 Å². The summed E-state index contributed by atoms with van der Waals surface area (Å²) >= 11 is 2.79. The van der Waals surface area contributed by atoms with E-state index in [2.05, 4.69) is 9.97 Å². The zero-order valence-corrected chi connectivity index (χ0v) is 17.8. The molecule has 0 bridgehead atoms. The molecule has 1 N–H and O–H groups in total. The van der Waals surface area contributed by atoms with E-state index in [1.54, 1.807) is 12.3 Å². The molecule has 0 fully saturated rings. The van der Waals surface area contributed by atoms with E-state index in [4.69, 9.17) is 25.5 Å². The summed E-state index contributed by atoms with van der Waals surface area (Å²) in [6.07, 6.45) is 4.64. The first kappa shape index (κ1) is 20.6. The Hall–Kier alpha value is -4.67. The molecule has 0 saturated carbocycles. The van der Waals surface area contributed by atoms with Crippen LogP contribution in [0, 0.1) is 45.3 Å². The molecule has 0 atom stereocenters. The first-order valence-electron chi connectivity index (χ1n) is 9.03. The number of nitrogens with one attached hydrogen (secondary N) is 1. The second-order valence-corrected chi connectivity index (χ2v) is 8.46. The maximum atomic E-state index is 8.90. The molecular weight excluding hydrogens is 440 g/mol. The molecule has 0 aliphatic rings. The van der Waals surface area contributed by atoms with E-state index in [1.165, 1.54) is 28.7 Å². The van der Waals surface area contributed by atoms with Crippen LogP contribution in [-0.2, 0) is 0 Å². The maximum absolute atomic E-state index is 8.90. The van der Waals surface area contributed by atoms with Crippen molar-refractivity contribution in [1.82, 2.24) is 9.97 Å². The molecule has 9 heteroatoms. The fourth-order valence-electron chi connectivity index (χ4n) is 2.79. The topological polar surface area (TPSA) is 137 Å². The fraction of sp³-hybridized carbons (Fsp3) is 0. The predicted octanol–water partition coefficient (Wildman–Crippen LogP) is 5.99. The molecular formula is C23H10N6OS2. The van der Waals surface area contributed by atoms with Gasteiger partial charge in [0.25, 0.3) is 0 Å². The lowest BCUT2D eigenvalue weighted by Crippen LogP contribution is -1.74. The molecule has 0 amide bonds.